The summed E-state index contributed by atoms with van der Waals surface area (Å²) in [6.07, 6.45) is 5.34. The van der Waals surface area contributed by atoms with Crippen LogP contribution in [0.15, 0.2) is 57.8 Å². The van der Waals surface area contributed by atoms with E-state index in [1.807, 2.05) is 30.3 Å². The Morgan fingerprint density at radius 3 is 2.70 bits per heavy atom. The molecule has 1 fully saturated rings. The van der Waals surface area contributed by atoms with Crippen molar-refractivity contribution in [3.63, 3.8) is 0 Å². The molecule has 0 radical (unpaired) electrons. The van der Waals surface area contributed by atoms with Crippen LogP contribution < -0.4 is 11.2 Å². The van der Waals surface area contributed by atoms with Gasteiger partial charge in [-0.3, -0.25) is 15.3 Å². The van der Waals surface area contributed by atoms with E-state index in [0.717, 1.165) is 50.2 Å². The van der Waals surface area contributed by atoms with Crippen LogP contribution in [0.4, 0.5) is 4.39 Å². The van der Waals surface area contributed by atoms with Crippen LogP contribution in [0.25, 0.3) is 16.8 Å². The van der Waals surface area contributed by atoms with Crippen molar-refractivity contribution in [2.24, 2.45) is 5.92 Å². The van der Waals surface area contributed by atoms with Gasteiger partial charge in [0.2, 0.25) is 0 Å². The molecule has 0 saturated carbocycles. The van der Waals surface area contributed by atoms with Crippen molar-refractivity contribution in [1.29, 1.82) is 0 Å². The second-order valence-corrected chi connectivity index (χ2v) is 8.14. The number of fused-ring (bicyclic) bond motifs is 1. The predicted octanol–water partition coefficient (Wildman–Crippen LogP) is 3.46. The molecule has 0 aliphatic carbocycles. The highest BCUT2D eigenvalue weighted by Gasteiger charge is 2.25. The largest absolute Gasteiger partial charge is 0.417 e. The van der Waals surface area contributed by atoms with Gasteiger partial charge < -0.3 is 9.32 Å². The van der Waals surface area contributed by atoms with Gasteiger partial charge in [-0.25, -0.2) is 9.18 Å². The van der Waals surface area contributed by atoms with E-state index in [0.29, 0.717) is 17.0 Å². The van der Waals surface area contributed by atoms with Gasteiger partial charge in [-0.2, -0.15) is 0 Å². The highest BCUT2D eigenvalue weighted by molar-refractivity contribution is 5.78. The zero-order valence-electron chi connectivity index (χ0n) is 16.6. The fourth-order valence-corrected chi connectivity index (χ4v) is 4.33. The van der Waals surface area contributed by atoms with Gasteiger partial charge in [0.25, 0.3) is 0 Å². The third kappa shape index (κ3) is 4.17. The number of aromatic amines is 1. The molecule has 6 nitrogen and oxygen atoms in total. The smallest absolute Gasteiger partial charge is 0.408 e. The minimum atomic E-state index is -0.451. The number of oxazole rings is 1. The average Bonchev–Trinajstić information content (AvgIpc) is 3.36. The SMILES string of the molecule is O=c1[nH]c2ccc(C3=CC(CN4CCC(Cc5ccc(F)cc5)CC4)ON3)cc2o1. The van der Waals surface area contributed by atoms with Crippen molar-refractivity contribution in [3.05, 3.63) is 76.0 Å². The summed E-state index contributed by atoms with van der Waals surface area (Å²) in [6.45, 7) is 2.91. The number of hydroxylamine groups is 1. The molecule has 0 amide bonds. The molecule has 2 aliphatic heterocycles. The van der Waals surface area contributed by atoms with Crippen molar-refractivity contribution < 1.29 is 13.6 Å². The van der Waals surface area contributed by atoms with E-state index in [2.05, 4.69) is 21.4 Å². The Morgan fingerprint density at radius 2 is 1.90 bits per heavy atom. The standard InChI is InChI=1S/C23H24FN3O3/c24-18-4-1-15(2-5-18)11-16-7-9-27(10-8-16)14-19-13-21(26-30-19)17-3-6-20-22(12-17)29-23(28)25-20/h1-6,12-13,16,19,26H,7-11,14H2,(H,25,28). The Hall–Kier alpha value is -2.90. The van der Waals surface area contributed by atoms with E-state index in [-0.39, 0.29) is 11.9 Å². The molecule has 2 aromatic carbocycles. The number of likely N-dealkylation sites (tertiary alicyclic amines) is 1. The van der Waals surface area contributed by atoms with E-state index in [4.69, 9.17) is 9.25 Å². The van der Waals surface area contributed by atoms with E-state index < -0.39 is 5.76 Å². The first-order chi connectivity index (χ1) is 14.6. The lowest BCUT2D eigenvalue weighted by atomic mass is 9.90. The minimum Gasteiger partial charge on any atom is -0.408 e. The number of aromatic nitrogens is 1. The van der Waals surface area contributed by atoms with E-state index in [1.165, 1.54) is 5.56 Å². The van der Waals surface area contributed by atoms with Crippen molar-refractivity contribution in [1.82, 2.24) is 15.4 Å². The molecular formula is C23H24FN3O3. The van der Waals surface area contributed by atoms with Gasteiger partial charge in [0, 0.05) is 12.1 Å². The first-order valence-electron chi connectivity index (χ1n) is 10.4. The van der Waals surface area contributed by atoms with Gasteiger partial charge in [0.05, 0.1) is 11.2 Å². The van der Waals surface area contributed by atoms with Gasteiger partial charge in [0.15, 0.2) is 5.58 Å². The van der Waals surface area contributed by atoms with Crippen LogP contribution in [0.5, 0.6) is 0 Å². The molecule has 2 aliphatic rings. The van der Waals surface area contributed by atoms with Crippen LogP contribution in [0.3, 0.4) is 0 Å². The summed E-state index contributed by atoms with van der Waals surface area (Å²) >= 11 is 0. The average molecular weight is 409 g/mol. The second-order valence-electron chi connectivity index (χ2n) is 8.14. The van der Waals surface area contributed by atoms with Gasteiger partial charge in [-0.05, 0) is 74.2 Å². The molecule has 1 aromatic heterocycles. The summed E-state index contributed by atoms with van der Waals surface area (Å²) in [4.78, 5) is 22.2. The van der Waals surface area contributed by atoms with Crippen molar-refractivity contribution in [2.75, 3.05) is 19.6 Å². The molecule has 156 valence electrons. The maximum atomic E-state index is 13.1. The van der Waals surface area contributed by atoms with Crippen LogP contribution in [-0.2, 0) is 11.3 Å². The summed E-state index contributed by atoms with van der Waals surface area (Å²) < 4.78 is 18.2. The first-order valence-corrected chi connectivity index (χ1v) is 10.4. The predicted molar refractivity (Wildman–Crippen MR) is 112 cm³/mol. The third-order valence-corrected chi connectivity index (χ3v) is 5.99. The number of benzene rings is 2. The van der Waals surface area contributed by atoms with Crippen LogP contribution in [0, 0.1) is 11.7 Å². The van der Waals surface area contributed by atoms with Gasteiger partial charge in [0.1, 0.15) is 11.9 Å². The van der Waals surface area contributed by atoms with Crippen LogP contribution >= 0.6 is 0 Å². The number of nitrogens with zero attached hydrogens (tertiary/aromatic N) is 1. The molecule has 1 saturated heterocycles. The fourth-order valence-electron chi connectivity index (χ4n) is 4.33. The molecule has 3 heterocycles. The van der Waals surface area contributed by atoms with Crippen molar-refractivity contribution in [2.45, 2.75) is 25.4 Å². The number of rotatable bonds is 5. The zero-order chi connectivity index (χ0) is 20.5. The lowest BCUT2D eigenvalue weighted by Crippen LogP contribution is -2.39. The van der Waals surface area contributed by atoms with Gasteiger partial charge in [-0.1, -0.05) is 18.2 Å². The topological polar surface area (TPSA) is 70.5 Å². The second kappa shape index (κ2) is 8.08. The number of H-pyrrole nitrogens is 1. The lowest BCUT2D eigenvalue weighted by molar-refractivity contribution is 0.0213. The Morgan fingerprint density at radius 1 is 1.10 bits per heavy atom. The molecule has 3 aromatic rings. The number of hydrogen-bond acceptors (Lipinski definition) is 5. The molecule has 30 heavy (non-hydrogen) atoms. The molecule has 0 bridgehead atoms. The van der Waals surface area contributed by atoms with Crippen LogP contribution in [-0.4, -0.2) is 35.6 Å². The summed E-state index contributed by atoms with van der Waals surface area (Å²) in [5, 5.41) is 0. The monoisotopic (exact) mass is 409 g/mol. The van der Waals surface area contributed by atoms with E-state index in [1.54, 1.807) is 12.1 Å². The molecule has 2 N–H and O–H groups in total. The normalized spacial score (nSPS) is 20.4. The molecule has 7 heteroatoms. The maximum absolute atomic E-state index is 13.1. The van der Waals surface area contributed by atoms with Crippen LogP contribution in [0.1, 0.15) is 24.0 Å². The summed E-state index contributed by atoms with van der Waals surface area (Å²) in [5.74, 6) is 0.0133. The minimum absolute atomic E-state index is 0.0254. The number of piperidine rings is 1. The van der Waals surface area contributed by atoms with Gasteiger partial charge in [-0.15, -0.1) is 0 Å². The van der Waals surface area contributed by atoms with Crippen molar-refractivity contribution in [3.8, 4) is 0 Å². The van der Waals surface area contributed by atoms with E-state index >= 15 is 0 Å². The number of halogens is 1. The molecule has 0 spiro atoms. The Kier molecular flexibility index (Phi) is 5.14. The van der Waals surface area contributed by atoms with Gasteiger partial charge >= 0.3 is 5.76 Å². The zero-order valence-corrected chi connectivity index (χ0v) is 16.6. The fraction of sp³-hybridized carbons (Fsp3) is 0.348. The quantitative estimate of drug-likeness (QED) is 0.675. The Labute approximate surface area is 173 Å². The summed E-state index contributed by atoms with van der Waals surface area (Å²) in [5.41, 5.74) is 7.24. The molecule has 1 unspecified atom stereocenters. The Balaban J connectivity index is 1.15. The highest BCUT2D eigenvalue weighted by Crippen LogP contribution is 2.25. The summed E-state index contributed by atoms with van der Waals surface area (Å²) in [6, 6.07) is 12.5. The molecule has 1 atom stereocenters. The first kappa shape index (κ1) is 19.1. The summed E-state index contributed by atoms with van der Waals surface area (Å²) in [7, 11) is 0. The molecule has 5 rings (SSSR count). The Bertz CT molecular complexity index is 1110. The van der Waals surface area contributed by atoms with Crippen molar-refractivity contribution >= 4 is 16.8 Å². The maximum Gasteiger partial charge on any atom is 0.417 e. The lowest BCUT2D eigenvalue weighted by Gasteiger charge is -2.32. The van der Waals surface area contributed by atoms with Crippen LogP contribution in [0.2, 0.25) is 0 Å². The van der Waals surface area contributed by atoms with E-state index in [9.17, 15) is 9.18 Å². The third-order valence-electron chi connectivity index (χ3n) is 5.99. The number of nitrogens with one attached hydrogen (secondary N) is 2. The molecular weight excluding hydrogens is 385 g/mol. The number of hydrogen-bond donors (Lipinski definition) is 2. The highest BCUT2D eigenvalue weighted by atomic mass is 19.1.